The number of carbonyl (C=O) groups excluding carboxylic acids is 3. The lowest BCUT2D eigenvalue weighted by Gasteiger charge is -2.39. The molecule has 4 aromatic carbocycles. The molecule has 11 heteroatoms. The predicted molar refractivity (Wildman–Crippen MR) is 274 cm³/mol. The molecular weight excluding hydrogens is 837 g/mol. The van der Waals surface area contributed by atoms with Crippen LogP contribution in [0, 0.1) is 0 Å². The minimum Gasteiger partial charge on any atom is -0.415 e. The second-order valence-electron chi connectivity index (χ2n) is 20.8. The van der Waals surface area contributed by atoms with Gasteiger partial charge in [-0.15, -0.1) is 0 Å². The molecule has 0 spiro atoms. The van der Waals surface area contributed by atoms with Gasteiger partial charge < -0.3 is 28.9 Å². The van der Waals surface area contributed by atoms with E-state index in [2.05, 4.69) is 149 Å². The lowest BCUT2D eigenvalue weighted by atomic mass is 9.87. The fourth-order valence-electron chi connectivity index (χ4n) is 8.39. The molecule has 2 heterocycles. The van der Waals surface area contributed by atoms with E-state index in [1.807, 2.05) is 46.2 Å². The van der Waals surface area contributed by atoms with E-state index >= 15 is 0 Å². The predicted octanol–water partition coefficient (Wildman–Crippen LogP) is 9.11. The minimum atomic E-state index is -1.79. The number of piperazine rings is 2. The summed E-state index contributed by atoms with van der Waals surface area (Å²) >= 11 is 0. The Bertz CT molecular complexity index is 2220. The van der Waals surface area contributed by atoms with Crippen molar-refractivity contribution < 1.29 is 18.8 Å². The molecule has 3 amide bonds. The summed E-state index contributed by atoms with van der Waals surface area (Å²) < 4.78 is 6.43. The molecule has 2 saturated heterocycles. The number of nitrogens with zero attached hydrogens (tertiary/aromatic N) is 6. The Morgan fingerprint density at radius 3 is 1.88 bits per heavy atom. The molecule has 0 aliphatic carbocycles. The highest BCUT2D eigenvalue weighted by Crippen LogP contribution is 2.36. The third-order valence-electron chi connectivity index (χ3n) is 14.0. The first kappa shape index (κ1) is 50.2. The highest BCUT2D eigenvalue weighted by Gasteiger charge is 2.37. The Morgan fingerprint density at radius 1 is 0.712 bits per heavy atom. The molecule has 0 N–H and O–H groups in total. The Labute approximate surface area is 397 Å². The summed E-state index contributed by atoms with van der Waals surface area (Å²) in [6.07, 6.45) is 3.90. The van der Waals surface area contributed by atoms with Crippen LogP contribution in [0.2, 0.25) is 18.1 Å². The lowest BCUT2D eigenvalue weighted by molar-refractivity contribution is -0.145. The molecule has 1 atom stereocenters. The number of carbonyl (C=O) groups is 3. The number of rotatable bonds is 16. The molecule has 2 aliphatic rings. The molecule has 4 aromatic rings. The van der Waals surface area contributed by atoms with Gasteiger partial charge in [-0.3, -0.25) is 19.3 Å². The number of anilines is 2. The number of benzene rings is 4. The highest BCUT2D eigenvalue weighted by atomic mass is 28.4. The smallest absolute Gasteiger partial charge is 0.247 e. The first-order valence-corrected chi connectivity index (χ1v) is 26.9. The van der Waals surface area contributed by atoms with Crippen LogP contribution in [0.15, 0.2) is 109 Å². The number of amides is 3. The van der Waals surface area contributed by atoms with Crippen molar-refractivity contribution in [1.82, 2.24) is 19.6 Å². The SMILES string of the molecule is CC(=O)N1CCN(c2ccc(CN(C(=O)/C=C\c3ccc(C(C)(C)C)cc3)[C@@H](Cc3ccccc3)C(=O)N3CCN(Cc4ccc(N(C)CCO[Si](C)(C)C(C)(C)C)cc4)CC3)cc2)CC1. The Hall–Kier alpha value is -5.23. The molecular formula is C55H76N6O4Si. The molecule has 10 nitrogen and oxygen atoms in total. The van der Waals surface area contributed by atoms with Crippen molar-refractivity contribution in [1.29, 1.82) is 0 Å². The van der Waals surface area contributed by atoms with E-state index in [4.69, 9.17) is 4.43 Å². The van der Waals surface area contributed by atoms with Gasteiger partial charge in [0.05, 0.1) is 6.61 Å². The number of hydrogen-bond acceptors (Lipinski definition) is 7. The number of hydrogen-bond donors (Lipinski definition) is 0. The summed E-state index contributed by atoms with van der Waals surface area (Å²) in [5.41, 5.74) is 7.63. The fourth-order valence-corrected chi connectivity index (χ4v) is 9.42. The molecule has 6 rings (SSSR count). The van der Waals surface area contributed by atoms with Crippen LogP contribution in [0.3, 0.4) is 0 Å². The van der Waals surface area contributed by atoms with E-state index in [-0.39, 0.29) is 34.7 Å². The van der Waals surface area contributed by atoms with Crippen molar-refractivity contribution in [3.8, 4) is 0 Å². The molecule has 0 bridgehead atoms. The van der Waals surface area contributed by atoms with E-state index in [1.54, 1.807) is 17.9 Å². The lowest BCUT2D eigenvalue weighted by Crippen LogP contribution is -2.56. The van der Waals surface area contributed by atoms with Crippen molar-refractivity contribution in [2.24, 2.45) is 0 Å². The highest BCUT2D eigenvalue weighted by molar-refractivity contribution is 6.74. The van der Waals surface area contributed by atoms with Crippen LogP contribution in [-0.2, 0) is 43.7 Å². The van der Waals surface area contributed by atoms with E-state index in [0.717, 1.165) is 61.6 Å². The molecule has 0 saturated carbocycles. The van der Waals surface area contributed by atoms with Crippen molar-refractivity contribution in [2.75, 3.05) is 82.4 Å². The van der Waals surface area contributed by atoms with Gasteiger partial charge in [0.1, 0.15) is 6.04 Å². The van der Waals surface area contributed by atoms with Crippen molar-refractivity contribution >= 4 is 43.5 Å². The van der Waals surface area contributed by atoms with Gasteiger partial charge in [-0.25, -0.2) is 0 Å². The quantitative estimate of drug-likeness (QED) is 0.0820. The van der Waals surface area contributed by atoms with E-state index in [1.165, 1.54) is 16.8 Å². The van der Waals surface area contributed by atoms with Gasteiger partial charge in [0, 0.05) is 110 Å². The average Bonchev–Trinajstić information content (AvgIpc) is 3.29. The number of likely N-dealkylation sites (N-methyl/N-ethyl adjacent to an activating group) is 1. The van der Waals surface area contributed by atoms with Crippen LogP contribution in [-0.4, -0.2) is 124 Å². The molecule has 66 heavy (non-hydrogen) atoms. The first-order valence-electron chi connectivity index (χ1n) is 24.0. The fraction of sp³-hybridized carbons (Fsp3) is 0.473. The van der Waals surface area contributed by atoms with Crippen LogP contribution in [0.4, 0.5) is 11.4 Å². The van der Waals surface area contributed by atoms with Crippen molar-refractivity contribution in [3.63, 3.8) is 0 Å². The molecule has 354 valence electrons. The van der Waals surface area contributed by atoms with Crippen LogP contribution in [0.1, 0.15) is 76.3 Å². The average molecular weight is 913 g/mol. The third kappa shape index (κ3) is 13.7. The summed E-state index contributed by atoms with van der Waals surface area (Å²) in [4.78, 5) is 54.1. The second kappa shape index (κ2) is 22.0. The Kier molecular flexibility index (Phi) is 16.8. The van der Waals surface area contributed by atoms with Crippen molar-refractivity contribution in [3.05, 3.63) is 137 Å². The minimum absolute atomic E-state index is 0.0214. The van der Waals surface area contributed by atoms with Gasteiger partial charge >= 0.3 is 0 Å². The van der Waals surface area contributed by atoms with Crippen LogP contribution < -0.4 is 9.80 Å². The van der Waals surface area contributed by atoms with Gasteiger partial charge in [-0.1, -0.05) is 120 Å². The van der Waals surface area contributed by atoms with Gasteiger partial charge in [0.2, 0.25) is 17.7 Å². The van der Waals surface area contributed by atoms with E-state index < -0.39 is 14.4 Å². The molecule has 0 aromatic heterocycles. The summed E-state index contributed by atoms with van der Waals surface area (Å²) in [5.74, 6) is -0.125. The molecule has 2 aliphatic heterocycles. The maximum absolute atomic E-state index is 15.0. The maximum atomic E-state index is 15.0. The summed E-state index contributed by atoms with van der Waals surface area (Å²) in [5, 5.41) is 0.192. The summed E-state index contributed by atoms with van der Waals surface area (Å²) in [6.45, 7) is 27.9. The topological polar surface area (TPSA) is 79.9 Å². The van der Waals surface area contributed by atoms with Crippen LogP contribution in [0.5, 0.6) is 0 Å². The maximum Gasteiger partial charge on any atom is 0.247 e. The normalized spacial score (nSPS) is 15.8. The third-order valence-corrected chi connectivity index (χ3v) is 18.5. The summed E-state index contributed by atoms with van der Waals surface area (Å²) in [7, 11) is 0.336. The van der Waals surface area contributed by atoms with Gasteiger partial charge in [0.15, 0.2) is 8.32 Å². The standard InChI is InChI=1S/C55H76N6O4Si/c1-43(62)58-34-36-59(37-35-58)50-27-20-47(21-28-50)42-61(52(63)29-22-44-16-23-48(24-17-44)54(2,3)4)51(40-45-14-12-11-13-15-45)53(64)60-32-30-57(31-33-60)41-46-18-25-49(26-19-46)56(8)38-39-65-66(9,10)55(5,6)7/h11-29,51H,30-42H2,1-10H3/b29-22-/t51-/m0/s1. The molecule has 2 fully saturated rings. The summed E-state index contributed by atoms with van der Waals surface area (Å²) in [6, 6.07) is 34.8. The Balaban J connectivity index is 1.16. The van der Waals surface area contributed by atoms with Crippen molar-refractivity contribution in [2.45, 2.75) is 97.6 Å². The largest absolute Gasteiger partial charge is 0.415 e. The first-order chi connectivity index (χ1) is 31.3. The molecule has 0 radical (unpaired) electrons. The van der Waals surface area contributed by atoms with Crippen LogP contribution in [0.25, 0.3) is 6.08 Å². The zero-order chi connectivity index (χ0) is 47.6. The second-order valence-corrected chi connectivity index (χ2v) is 25.6. The Morgan fingerprint density at radius 2 is 1.30 bits per heavy atom. The monoisotopic (exact) mass is 913 g/mol. The molecule has 0 unspecified atom stereocenters. The van der Waals surface area contributed by atoms with Gasteiger partial charge in [-0.2, -0.15) is 0 Å². The van der Waals surface area contributed by atoms with E-state index in [0.29, 0.717) is 39.2 Å². The van der Waals surface area contributed by atoms with E-state index in [9.17, 15) is 14.4 Å². The zero-order valence-corrected chi connectivity index (χ0v) is 42.6. The zero-order valence-electron chi connectivity index (χ0n) is 41.6. The van der Waals surface area contributed by atoms with Gasteiger partial charge in [0.25, 0.3) is 0 Å². The van der Waals surface area contributed by atoms with Crippen LogP contribution >= 0.6 is 0 Å². The van der Waals surface area contributed by atoms with Gasteiger partial charge in [-0.05, 0) is 81.7 Å².